The van der Waals surface area contributed by atoms with E-state index in [1.807, 2.05) is 40.1 Å². The van der Waals surface area contributed by atoms with E-state index < -0.39 is 0 Å². The van der Waals surface area contributed by atoms with E-state index in [-0.39, 0.29) is 47.8 Å². The number of carbonyl (C=O) groups is 2. The van der Waals surface area contributed by atoms with Crippen LogP contribution in [0.5, 0.6) is 5.75 Å². The van der Waals surface area contributed by atoms with Gasteiger partial charge < -0.3 is 19.1 Å². The normalized spacial score (nSPS) is 24.9. The molecule has 7 heteroatoms. The Hall–Kier alpha value is -3.09. The summed E-state index contributed by atoms with van der Waals surface area (Å²) in [6.45, 7) is 2.24. The summed E-state index contributed by atoms with van der Waals surface area (Å²) in [5.74, 6) is -0.142. The highest BCUT2D eigenvalue weighted by molar-refractivity contribution is 5.97. The zero-order chi connectivity index (χ0) is 20.1. The standard InChI is InChI=1S/C22H23N3O4/c1-14(26)24-16-7-8-17(11-16)25-19(24)12-23-10-9-18(27)21(20(23)22(25)28)29-13-15-5-3-2-4-6-15/h2-6,9-10,16-17,19H,7-8,11-13H2,1H3. The van der Waals surface area contributed by atoms with Gasteiger partial charge in [-0.3, -0.25) is 14.4 Å². The predicted octanol–water partition coefficient (Wildman–Crippen LogP) is 1.99. The van der Waals surface area contributed by atoms with Crippen LogP contribution in [0.1, 0.15) is 42.2 Å². The number of hydrogen-bond donors (Lipinski definition) is 0. The van der Waals surface area contributed by atoms with E-state index >= 15 is 0 Å². The summed E-state index contributed by atoms with van der Waals surface area (Å²) in [6, 6.07) is 11.3. The Kier molecular flexibility index (Phi) is 4.19. The molecule has 2 aliphatic heterocycles. The summed E-state index contributed by atoms with van der Waals surface area (Å²) in [6.07, 6.45) is 3.93. The molecule has 3 heterocycles. The second-order valence-electron chi connectivity index (χ2n) is 8.02. The number of ether oxygens (including phenoxy) is 1. The minimum atomic E-state index is -0.303. The summed E-state index contributed by atoms with van der Waals surface area (Å²) in [5.41, 5.74) is 0.914. The van der Waals surface area contributed by atoms with Crippen LogP contribution in [0.4, 0.5) is 0 Å². The van der Waals surface area contributed by atoms with Crippen molar-refractivity contribution in [2.24, 2.45) is 0 Å². The number of benzene rings is 1. The number of fused-ring (bicyclic) bond motifs is 5. The third kappa shape index (κ3) is 2.84. The van der Waals surface area contributed by atoms with Crippen LogP contribution in [-0.4, -0.2) is 44.4 Å². The van der Waals surface area contributed by atoms with Crippen LogP contribution in [0, 0.1) is 0 Å². The Morgan fingerprint density at radius 3 is 2.62 bits per heavy atom. The summed E-state index contributed by atoms with van der Waals surface area (Å²) >= 11 is 0. The van der Waals surface area contributed by atoms with Crippen LogP contribution in [0.3, 0.4) is 0 Å². The van der Waals surface area contributed by atoms with Gasteiger partial charge in [-0.05, 0) is 24.8 Å². The van der Waals surface area contributed by atoms with E-state index in [0.717, 1.165) is 24.8 Å². The second kappa shape index (κ2) is 6.76. The molecule has 2 amide bonds. The van der Waals surface area contributed by atoms with Crippen LogP contribution in [0.25, 0.3) is 0 Å². The van der Waals surface area contributed by atoms with E-state index in [2.05, 4.69) is 0 Å². The summed E-state index contributed by atoms with van der Waals surface area (Å²) < 4.78 is 7.63. The molecule has 7 nitrogen and oxygen atoms in total. The minimum Gasteiger partial charge on any atom is -0.483 e. The molecule has 2 bridgehead atoms. The van der Waals surface area contributed by atoms with E-state index in [0.29, 0.717) is 12.2 Å². The number of carbonyl (C=O) groups excluding carboxylic acids is 2. The van der Waals surface area contributed by atoms with Gasteiger partial charge in [-0.25, -0.2) is 0 Å². The van der Waals surface area contributed by atoms with Crippen molar-refractivity contribution >= 4 is 11.8 Å². The zero-order valence-corrected chi connectivity index (χ0v) is 16.3. The first-order valence-electron chi connectivity index (χ1n) is 10.1. The lowest BCUT2D eigenvalue weighted by Gasteiger charge is -2.50. The molecular weight excluding hydrogens is 370 g/mol. The minimum absolute atomic E-state index is 0.0109. The molecule has 0 spiro atoms. The highest BCUT2D eigenvalue weighted by Gasteiger charge is 2.51. The van der Waals surface area contributed by atoms with E-state index in [4.69, 9.17) is 4.74 Å². The van der Waals surface area contributed by atoms with Gasteiger partial charge in [0.05, 0.1) is 6.54 Å². The highest BCUT2D eigenvalue weighted by atomic mass is 16.5. The maximum absolute atomic E-state index is 13.5. The molecule has 3 aliphatic rings. The van der Waals surface area contributed by atoms with Gasteiger partial charge in [0.15, 0.2) is 11.4 Å². The molecule has 2 fully saturated rings. The summed E-state index contributed by atoms with van der Waals surface area (Å²) in [7, 11) is 0. The van der Waals surface area contributed by atoms with Crippen molar-refractivity contribution in [3.63, 3.8) is 0 Å². The van der Waals surface area contributed by atoms with Crippen LogP contribution >= 0.6 is 0 Å². The molecule has 2 aromatic rings. The first kappa shape index (κ1) is 18.0. The second-order valence-corrected chi connectivity index (χ2v) is 8.02. The van der Waals surface area contributed by atoms with Crippen LogP contribution in [0.15, 0.2) is 47.4 Å². The van der Waals surface area contributed by atoms with Gasteiger partial charge in [0.25, 0.3) is 5.91 Å². The predicted molar refractivity (Wildman–Crippen MR) is 105 cm³/mol. The topological polar surface area (TPSA) is 71.9 Å². The molecule has 1 aromatic heterocycles. The lowest BCUT2D eigenvalue weighted by molar-refractivity contribution is -0.142. The van der Waals surface area contributed by atoms with Gasteiger partial charge in [-0.15, -0.1) is 0 Å². The number of hydrogen-bond acceptors (Lipinski definition) is 4. The smallest absolute Gasteiger partial charge is 0.276 e. The Balaban J connectivity index is 1.53. The fourth-order valence-corrected chi connectivity index (χ4v) is 5.10. The quantitative estimate of drug-likeness (QED) is 0.800. The number of rotatable bonds is 3. The molecule has 1 aromatic carbocycles. The Labute approximate surface area is 168 Å². The third-order valence-corrected chi connectivity index (χ3v) is 6.32. The maximum Gasteiger partial charge on any atom is 0.276 e. The van der Waals surface area contributed by atoms with Gasteiger partial charge >= 0.3 is 0 Å². The highest BCUT2D eigenvalue weighted by Crippen LogP contribution is 2.40. The fourth-order valence-electron chi connectivity index (χ4n) is 5.10. The average molecular weight is 393 g/mol. The number of pyridine rings is 1. The summed E-state index contributed by atoms with van der Waals surface area (Å²) in [5, 5.41) is 0. The monoisotopic (exact) mass is 393 g/mol. The fraction of sp³-hybridized carbons (Fsp3) is 0.409. The SMILES string of the molecule is CC(=O)N1C2CCC(C2)N2C(=O)c3c(OCc4ccccc4)c(=O)ccn3CC12. The lowest BCUT2D eigenvalue weighted by Crippen LogP contribution is -2.65. The number of aromatic nitrogens is 1. The average Bonchev–Trinajstić information content (AvgIpc) is 3.11. The Morgan fingerprint density at radius 1 is 1.10 bits per heavy atom. The molecule has 3 unspecified atom stereocenters. The van der Waals surface area contributed by atoms with Crippen molar-refractivity contribution in [3.8, 4) is 5.75 Å². The van der Waals surface area contributed by atoms with Gasteiger partial charge in [-0.2, -0.15) is 0 Å². The van der Waals surface area contributed by atoms with Gasteiger partial charge in [-0.1, -0.05) is 30.3 Å². The maximum atomic E-state index is 13.5. The zero-order valence-electron chi connectivity index (χ0n) is 16.3. The third-order valence-electron chi connectivity index (χ3n) is 6.32. The largest absolute Gasteiger partial charge is 0.483 e. The Morgan fingerprint density at radius 2 is 1.86 bits per heavy atom. The van der Waals surface area contributed by atoms with Crippen molar-refractivity contribution in [1.82, 2.24) is 14.4 Å². The van der Waals surface area contributed by atoms with Gasteiger partial charge in [0, 0.05) is 31.3 Å². The van der Waals surface area contributed by atoms with E-state index in [9.17, 15) is 14.4 Å². The summed E-state index contributed by atoms with van der Waals surface area (Å²) in [4.78, 5) is 42.1. The number of nitrogens with zero attached hydrogens (tertiary/aromatic N) is 3. The molecule has 0 radical (unpaired) electrons. The first-order chi connectivity index (χ1) is 14.0. The van der Waals surface area contributed by atoms with Crippen molar-refractivity contribution in [2.45, 2.75) is 57.6 Å². The first-order valence-corrected chi connectivity index (χ1v) is 10.1. The molecule has 5 rings (SSSR count). The van der Waals surface area contributed by atoms with Crippen molar-refractivity contribution < 1.29 is 14.3 Å². The molecule has 29 heavy (non-hydrogen) atoms. The van der Waals surface area contributed by atoms with E-state index in [1.54, 1.807) is 17.7 Å². The van der Waals surface area contributed by atoms with Crippen molar-refractivity contribution in [2.75, 3.05) is 0 Å². The van der Waals surface area contributed by atoms with Gasteiger partial charge in [0.2, 0.25) is 11.3 Å². The lowest BCUT2D eigenvalue weighted by atomic mass is 10.0. The molecule has 0 N–H and O–H groups in total. The molecule has 3 atom stereocenters. The molecular formula is C22H23N3O4. The number of amides is 2. The molecule has 1 saturated heterocycles. The van der Waals surface area contributed by atoms with Crippen molar-refractivity contribution in [1.29, 1.82) is 0 Å². The van der Waals surface area contributed by atoms with Gasteiger partial charge in [0.1, 0.15) is 12.8 Å². The molecule has 150 valence electrons. The van der Waals surface area contributed by atoms with Crippen molar-refractivity contribution in [3.05, 3.63) is 64.1 Å². The van der Waals surface area contributed by atoms with E-state index in [1.165, 1.54) is 6.07 Å². The van der Waals surface area contributed by atoms with Crippen LogP contribution in [-0.2, 0) is 17.9 Å². The molecule has 1 saturated carbocycles. The van der Waals surface area contributed by atoms with Crippen LogP contribution in [0.2, 0.25) is 0 Å². The molecule has 1 aliphatic carbocycles. The van der Waals surface area contributed by atoms with Crippen LogP contribution < -0.4 is 10.2 Å². The Bertz CT molecular complexity index is 1030.